The molecule has 6 nitrogen and oxygen atoms in total. The Labute approximate surface area is 147 Å². The van der Waals surface area contributed by atoms with Crippen LogP contribution >= 0.6 is 11.3 Å². The maximum Gasteiger partial charge on any atom is 0.267 e. The highest BCUT2D eigenvalue weighted by Gasteiger charge is 2.19. The van der Waals surface area contributed by atoms with Crippen LogP contribution in [0.25, 0.3) is 26.8 Å². The van der Waals surface area contributed by atoms with Gasteiger partial charge in [0.2, 0.25) is 10.0 Å². The average molecular weight is 371 g/mol. The molecule has 0 bridgehead atoms. The normalized spacial score (nSPS) is 11.9. The molecule has 0 saturated carbocycles. The summed E-state index contributed by atoms with van der Waals surface area (Å²) in [7, 11) is -3.49. The van der Waals surface area contributed by atoms with E-state index in [1.807, 2.05) is 36.4 Å². The highest BCUT2D eigenvalue weighted by atomic mass is 32.2. The van der Waals surface area contributed by atoms with E-state index in [2.05, 4.69) is 9.71 Å². The second-order valence-corrected chi connectivity index (χ2v) is 8.21. The molecule has 0 saturated heterocycles. The van der Waals surface area contributed by atoms with Crippen LogP contribution in [0.4, 0.5) is 5.69 Å². The topological polar surface area (TPSA) is 81.1 Å². The third-order valence-corrected chi connectivity index (χ3v) is 5.36. The van der Waals surface area contributed by atoms with Crippen LogP contribution in [0.15, 0.2) is 58.8 Å². The van der Waals surface area contributed by atoms with Crippen LogP contribution in [0.3, 0.4) is 0 Å². The predicted molar refractivity (Wildman–Crippen MR) is 101 cm³/mol. The van der Waals surface area contributed by atoms with Gasteiger partial charge in [-0.25, -0.2) is 13.4 Å². The molecule has 1 N–H and O–H groups in total. The molecule has 0 radical (unpaired) electrons. The summed E-state index contributed by atoms with van der Waals surface area (Å²) in [4.78, 5) is 17.6. The van der Waals surface area contributed by atoms with Gasteiger partial charge >= 0.3 is 0 Å². The summed E-state index contributed by atoms with van der Waals surface area (Å²) in [6.45, 7) is 0. The molecule has 3 aromatic heterocycles. The summed E-state index contributed by atoms with van der Waals surface area (Å²) in [5, 5.41) is 2.79. The van der Waals surface area contributed by atoms with Crippen molar-refractivity contribution >= 4 is 48.2 Å². The number of rotatable bonds is 3. The zero-order chi connectivity index (χ0) is 17.6. The van der Waals surface area contributed by atoms with E-state index >= 15 is 0 Å². The van der Waals surface area contributed by atoms with E-state index in [0.29, 0.717) is 27.1 Å². The van der Waals surface area contributed by atoms with Gasteiger partial charge in [-0.2, -0.15) is 0 Å². The van der Waals surface area contributed by atoms with E-state index in [-0.39, 0.29) is 5.56 Å². The minimum absolute atomic E-state index is 0.294. The summed E-state index contributed by atoms with van der Waals surface area (Å²) in [6.07, 6.45) is 2.70. The van der Waals surface area contributed by atoms with Crippen LogP contribution in [-0.2, 0) is 10.0 Å². The van der Waals surface area contributed by atoms with Gasteiger partial charge in [0.05, 0.1) is 27.7 Å². The molecule has 8 heteroatoms. The number of fused-ring (bicyclic) bond motifs is 3. The first-order valence-electron chi connectivity index (χ1n) is 7.40. The van der Waals surface area contributed by atoms with E-state index in [0.717, 1.165) is 11.6 Å². The Morgan fingerprint density at radius 2 is 1.88 bits per heavy atom. The predicted octanol–water partition coefficient (Wildman–Crippen LogP) is 2.97. The Morgan fingerprint density at radius 1 is 1.12 bits per heavy atom. The minimum Gasteiger partial charge on any atom is -0.282 e. The zero-order valence-electron chi connectivity index (χ0n) is 13.1. The number of anilines is 1. The lowest BCUT2D eigenvalue weighted by molar-refractivity contribution is 0.607. The number of nitrogens with one attached hydrogen (secondary N) is 1. The number of hydrogen-bond donors (Lipinski definition) is 1. The monoisotopic (exact) mass is 371 g/mol. The van der Waals surface area contributed by atoms with Gasteiger partial charge in [0, 0.05) is 17.0 Å². The van der Waals surface area contributed by atoms with Crippen LogP contribution in [0.5, 0.6) is 0 Å². The summed E-state index contributed by atoms with van der Waals surface area (Å²) >= 11 is 1.32. The van der Waals surface area contributed by atoms with Crippen molar-refractivity contribution in [1.82, 2.24) is 9.55 Å². The summed E-state index contributed by atoms with van der Waals surface area (Å²) in [5.74, 6) is 0. The number of hydrogen-bond acceptors (Lipinski definition) is 5. The molecule has 1 aromatic carbocycles. The molecule has 0 atom stereocenters. The fraction of sp³-hybridized carbons (Fsp3) is 0.0588. The van der Waals surface area contributed by atoms with Crippen molar-refractivity contribution in [1.29, 1.82) is 0 Å². The lowest BCUT2D eigenvalue weighted by atomic mass is 10.2. The molecule has 0 fully saturated rings. The molecule has 0 aliphatic heterocycles. The largest absolute Gasteiger partial charge is 0.282 e. The number of pyridine rings is 2. The van der Waals surface area contributed by atoms with Gasteiger partial charge in [-0.05, 0) is 24.3 Å². The van der Waals surface area contributed by atoms with E-state index < -0.39 is 10.0 Å². The Hall–Kier alpha value is -2.71. The minimum atomic E-state index is -3.49. The van der Waals surface area contributed by atoms with Crippen molar-refractivity contribution in [2.45, 2.75) is 0 Å². The fourth-order valence-corrected chi connectivity index (χ4v) is 4.47. The van der Waals surface area contributed by atoms with Crippen LogP contribution in [0, 0.1) is 0 Å². The molecule has 4 aromatic rings. The van der Waals surface area contributed by atoms with E-state index in [1.165, 1.54) is 15.9 Å². The van der Waals surface area contributed by atoms with Gasteiger partial charge in [-0.15, -0.1) is 11.3 Å². The number of sulfonamides is 1. The lowest BCUT2D eigenvalue weighted by Crippen LogP contribution is -2.20. The molecular formula is C17H13N3O3S2. The van der Waals surface area contributed by atoms with Gasteiger partial charge in [0.1, 0.15) is 5.65 Å². The highest BCUT2D eigenvalue weighted by molar-refractivity contribution is 7.92. The van der Waals surface area contributed by atoms with Crippen molar-refractivity contribution < 1.29 is 8.42 Å². The standard InChI is InChI=1S/C17H13N3O3S2/c1-25(22,23)19-13-10-24-15-12-8-5-9-18-16(12)20(17(21)14(13)15)11-6-3-2-4-7-11/h2-10,19H,1H3. The number of para-hydroxylation sites is 1. The Balaban J connectivity index is 2.18. The molecule has 3 heterocycles. The molecule has 0 aliphatic carbocycles. The van der Waals surface area contributed by atoms with E-state index in [9.17, 15) is 13.2 Å². The van der Waals surface area contributed by atoms with Gasteiger partial charge in [-0.1, -0.05) is 18.2 Å². The maximum absolute atomic E-state index is 13.2. The van der Waals surface area contributed by atoms with Crippen LogP contribution in [0.1, 0.15) is 0 Å². The second-order valence-electron chi connectivity index (χ2n) is 5.58. The fourth-order valence-electron chi connectivity index (χ4n) is 2.82. The quantitative estimate of drug-likeness (QED) is 0.600. The van der Waals surface area contributed by atoms with E-state index in [1.54, 1.807) is 17.6 Å². The van der Waals surface area contributed by atoms with Gasteiger partial charge in [0.15, 0.2) is 0 Å². The first-order valence-corrected chi connectivity index (χ1v) is 10.2. The molecule has 4 rings (SSSR count). The van der Waals surface area contributed by atoms with Crippen LogP contribution < -0.4 is 10.3 Å². The first kappa shape index (κ1) is 15.8. The third-order valence-electron chi connectivity index (χ3n) is 3.76. The lowest BCUT2D eigenvalue weighted by Gasteiger charge is -2.11. The molecule has 0 unspecified atom stereocenters. The Morgan fingerprint density at radius 3 is 2.60 bits per heavy atom. The Kier molecular flexibility index (Phi) is 3.59. The smallest absolute Gasteiger partial charge is 0.267 e. The number of benzene rings is 1. The molecule has 126 valence electrons. The SMILES string of the molecule is CS(=O)(=O)Nc1csc2c1c(=O)n(-c1ccccc1)c1ncccc21. The van der Waals surface area contributed by atoms with Crippen LogP contribution in [0.2, 0.25) is 0 Å². The molecule has 0 spiro atoms. The molecule has 0 aliphatic rings. The average Bonchev–Trinajstić information content (AvgIpc) is 2.98. The van der Waals surface area contributed by atoms with Crippen molar-refractivity contribution in [2.75, 3.05) is 11.0 Å². The third kappa shape index (κ3) is 2.69. The van der Waals surface area contributed by atoms with Crippen molar-refractivity contribution in [3.05, 3.63) is 64.4 Å². The molecule has 0 amide bonds. The zero-order valence-corrected chi connectivity index (χ0v) is 14.8. The van der Waals surface area contributed by atoms with Crippen molar-refractivity contribution in [3.8, 4) is 5.69 Å². The number of thiophene rings is 1. The number of aromatic nitrogens is 2. The van der Waals surface area contributed by atoms with Gasteiger partial charge in [-0.3, -0.25) is 14.1 Å². The maximum atomic E-state index is 13.2. The Bertz CT molecular complexity index is 1260. The van der Waals surface area contributed by atoms with E-state index in [4.69, 9.17) is 0 Å². The summed E-state index contributed by atoms with van der Waals surface area (Å²) < 4.78 is 28.0. The summed E-state index contributed by atoms with van der Waals surface area (Å²) in [6, 6.07) is 12.8. The highest BCUT2D eigenvalue weighted by Crippen LogP contribution is 2.34. The van der Waals surface area contributed by atoms with Crippen LogP contribution in [-0.4, -0.2) is 24.2 Å². The van der Waals surface area contributed by atoms with Gasteiger partial charge < -0.3 is 0 Å². The van der Waals surface area contributed by atoms with Crippen molar-refractivity contribution in [2.24, 2.45) is 0 Å². The molecule has 25 heavy (non-hydrogen) atoms. The number of nitrogens with zero attached hydrogens (tertiary/aromatic N) is 2. The second kappa shape index (κ2) is 5.68. The molecular weight excluding hydrogens is 358 g/mol. The summed E-state index contributed by atoms with van der Waals surface area (Å²) in [5.41, 5.74) is 1.20. The first-order chi connectivity index (χ1) is 12.0. The van der Waals surface area contributed by atoms with Crippen molar-refractivity contribution in [3.63, 3.8) is 0 Å². The van der Waals surface area contributed by atoms with Gasteiger partial charge in [0.25, 0.3) is 5.56 Å².